The Hall–Kier alpha value is -3.05. The third-order valence-corrected chi connectivity index (χ3v) is 5.12. The van der Waals surface area contributed by atoms with Crippen LogP contribution >= 0.6 is 27.7 Å². The fraction of sp³-hybridized carbons (Fsp3) is 0.0588. The van der Waals surface area contributed by atoms with Gasteiger partial charge in [-0.25, -0.2) is 0 Å². The second-order valence-corrected chi connectivity index (χ2v) is 7.23. The summed E-state index contributed by atoms with van der Waals surface area (Å²) >= 11 is 4.72. The van der Waals surface area contributed by atoms with Crippen molar-refractivity contribution in [2.24, 2.45) is 0 Å². The molecule has 0 atom stereocenters. The first kappa shape index (κ1) is 18.3. The first-order valence-electron chi connectivity index (χ1n) is 7.88. The summed E-state index contributed by atoms with van der Waals surface area (Å²) < 4.78 is 12.1. The van der Waals surface area contributed by atoms with Gasteiger partial charge >= 0.3 is 0 Å². The molecule has 0 aliphatic carbocycles. The van der Waals surface area contributed by atoms with E-state index in [0.29, 0.717) is 28.3 Å². The lowest BCUT2D eigenvalue weighted by Gasteiger charge is -1.97. The van der Waals surface area contributed by atoms with E-state index in [0.717, 1.165) is 10.0 Å². The lowest BCUT2D eigenvalue weighted by molar-refractivity contribution is -0.384. The first-order valence-corrected chi connectivity index (χ1v) is 9.66. The van der Waals surface area contributed by atoms with Crippen LogP contribution < -0.4 is 0 Å². The van der Waals surface area contributed by atoms with E-state index < -0.39 is 4.92 Å². The lowest BCUT2D eigenvalue weighted by Crippen LogP contribution is -1.87. The minimum Gasteiger partial charge on any atom is -0.420 e. The highest BCUT2D eigenvalue weighted by atomic mass is 79.9. The average molecular weight is 460 g/mol. The molecule has 0 spiro atoms. The summed E-state index contributed by atoms with van der Waals surface area (Å²) in [6.07, 6.45) is 0. The number of nitro benzene ring substituents is 1. The van der Waals surface area contributed by atoms with Gasteiger partial charge in [-0.1, -0.05) is 23.9 Å². The summed E-state index contributed by atoms with van der Waals surface area (Å²) in [6.45, 7) is 0. The van der Waals surface area contributed by atoms with Crippen LogP contribution in [0.3, 0.4) is 0 Å². The minimum absolute atomic E-state index is 0.00343. The van der Waals surface area contributed by atoms with Crippen molar-refractivity contribution in [1.82, 2.24) is 20.4 Å². The molecule has 0 saturated heterocycles. The Morgan fingerprint density at radius 1 is 0.964 bits per heavy atom. The van der Waals surface area contributed by atoms with Crippen LogP contribution in [-0.4, -0.2) is 25.3 Å². The highest BCUT2D eigenvalue weighted by Crippen LogP contribution is 2.30. The third kappa shape index (κ3) is 3.94. The van der Waals surface area contributed by atoms with Crippen LogP contribution in [0.25, 0.3) is 22.9 Å². The van der Waals surface area contributed by atoms with Crippen molar-refractivity contribution in [3.05, 3.63) is 69.0 Å². The standard InChI is InChI=1S/C17H10BrN5O4S/c18-13-4-2-1-3-12(13)16-21-22-17(27-16)28-9-14-19-20-15(26-14)10-5-7-11(8-6-10)23(24)25/h1-8H,9H2. The van der Waals surface area contributed by atoms with Crippen LogP contribution in [0.1, 0.15) is 5.89 Å². The number of benzene rings is 2. The van der Waals surface area contributed by atoms with E-state index >= 15 is 0 Å². The predicted molar refractivity (Wildman–Crippen MR) is 103 cm³/mol. The fourth-order valence-electron chi connectivity index (χ4n) is 2.29. The topological polar surface area (TPSA) is 121 Å². The highest BCUT2D eigenvalue weighted by molar-refractivity contribution is 9.10. The molecule has 0 amide bonds. The van der Waals surface area contributed by atoms with Crippen LogP contribution in [0.4, 0.5) is 5.69 Å². The van der Waals surface area contributed by atoms with Crippen LogP contribution in [0.5, 0.6) is 0 Å². The molecule has 0 unspecified atom stereocenters. The van der Waals surface area contributed by atoms with Gasteiger partial charge in [-0.2, -0.15) is 0 Å². The zero-order valence-corrected chi connectivity index (χ0v) is 16.4. The number of aromatic nitrogens is 4. The molecular formula is C17H10BrN5O4S. The number of halogens is 1. The van der Waals surface area contributed by atoms with Gasteiger partial charge in [0.15, 0.2) is 0 Å². The van der Waals surface area contributed by atoms with E-state index in [1.54, 1.807) is 12.1 Å². The van der Waals surface area contributed by atoms with Crippen molar-refractivity contribution < 1.29 is 13.8 Å². The molecule has 4 rings (SSSR count). The van der Waals surface area contributed by atoms with Crippen molar-refractivity contribution in [3.8, 4) is 22.9 Å². The van der Waals surface area contributed by atoms with E-state index in [2.05, 4.69) is 36.3 Å². The Bertz CT molecular complexity index is 1130. The largest absolute Gasteiger partial charge is 0.420 e. The second-order valence-electron chi connectivity index (χ2n) is 5.45. The maximum atomic E-state index is 10.7. The Morgan fingerprint density at radius 3 is 2.46 bits per heavy atom. The van der Waals surface area contributed by atoms with Gasteiger partial charge in [0, 0.05) is 22.2 Å². The van der Waals surface area contributed by atoms with Crippen molar-refractivity contribution >= 4 is 33.4 Å². The molecule has 9 nitrogen and oxygen atoms in total. The quantitative estimate of drug-likeness (QED) is 0.228. The van der Waals surface area contributed by atoms with Crippen LogP contribution in [-0.2, 0) is 5.75 Å². The lowest BCUT2D eigenvalue weighted by atomic mass is 10.2. The van der Waals surface area contributed by atoms with Crippen molar-refractivity contribution in [1.29, 1.82) is 0 Å². The van der Waals surface area contributed by atoms with Gasteiger partial charge in [-0.15, -0.1) is 20.4 Å². The number of hydrogen-bond acceptors (Lipinski definition) is 9. The summed E-state index contributed by atoms with van der Waals surface area (Å²) in [5.74, 6) is 1.41. The molecule has 0 aliphatic rings. The number of thioether (sulfide) groups is 1. The molecule has 0 radical (unpaired) electrons. The summed E-state index contributed by atoms with van der Waals surface area (Å²) in [7, 11) is 0. The van der Waals surface area contributed by atoms with Gasteiger partial charge in [-0.3, -0.25) is 10.1 Å². The Kier molecular flexibility index (Phi) is 5.17. The maximum absolute atomic E-state index is 10.7. The Balaban J connectivity index is 1.42. The van der Waals surface area contributed by atoms with Gasteiger partial charge in [0.2, 0.25) is 17.7 Å². The number of nitro groups is 1. The van der Waals surface area contributed by atoms with Gasteiger partial charge in [0.1, 0.15) is 0 Å². The highest BCUT2D eigenvalue weighted by Gasteiger charge is 2.15. The number of nitrogens with zero attached hydrogens (tertiary/aromatic N) is 5. The summed E-state index contributed by atoms with van der Waals surface area (Å²) in [6, 6.07) is 13.4. The van der Waals surface area contributed by atoms with E-state index in [4.69, 9.17) is 8.83 Å². The molecule has 0 aliphatic heterocycles. The van der Waals surface area contributed by atoms with Crippen molar-refractivity contribution in [2.75, 3.05) is 0 Å². The molecule has 0 fully saturated rings. The SMILES string of the molecule is O=[N+]([O-])c1ccc(-c2nnc(CSc3nnc(-c4ccccc4Br)o3)o2)cc1. The molecule has 2 heterocycles. The molecule has 0 saturated carbocycles. The summed E-state index contributed by atoms with van der Waals surface area (Å²) in [5.41, 5.74) is 1.40. The van der Waals surface area contributed by atoms with Gasteiger partial charge < -0.3 is 8.83 Å². The second kappa shape index (κ2) is 7.90. The molecule has 2 aromatic carbocycles. The van der Waals surface area contributed by atoms with Crippen LogP contribution in [0, 0.1) is 10.1 Å². The van der Waals surface area contributed by atoms with Crippen LogP contribution in [0.15, 0.2) is 67.1 Å². The molecule has 4 aromatic rings. The van der Waals surface area contributed by atoms with E-state index in [-0.39, 0.29) is 11.6 Å². The molecule has 0 N–H and O–H groups in total. The van der Waals surface area contributed by atoms with Gasteiger partial charge in [-0.05, 0) is 40.2 Å². The zero-order valence-electron chi connectivity index (χ0n) is 14.0. The molecule has 140 valence electrons. The van der Waals surface area contributed by atoms with Gasteiger partial charge in [0.05, 0.1) is 16.2 Å². The monoisotopic (exact) mass is 459 g/mol. The fourth-order valence-corrected chi connectivity index (χ4v) is 3.34. The van der Waals surface area contributed by atoms with Gasteiger partial charge in [0.25, 0.3) is 10.9 Å². The van der Waals surface area contributed by atoms with E-state index in [9.17, 15) is 10.1 Å². The first-order chi connectivity index (χ1) is 13.6. The summed E-state index contributed by atoms with van der Waals surface area (Å²) in [4.78, 5) is 10.2. The van der Waals surface area contributed by atoms with E-state index in [1.807, 2.05) is 24.3 Å². The van der Waals surface area contributed by atoms with E-state index in [1.165, 1.54) is 23.9 Å². The predicted octanol–water partition coefficient (Wildman–Crippen LogP) is 4.75. The molecular weight excluding hydrogens is 450 g/mol. The maximum Gasteiger partial charge on any atom is 0.277 e. The molecule has 0 bridgehead atoms. The van der Waals surface area contributed by atoms with Crippen molar-refractivity contribution in [3.63, 3.8) is 0 Å². The number of rotatable bonds is 6. The normalized spacial score (nSPS) is 10.9. The third-order valence-electron chi connectivity index (χ3n) is 3.62. The molecule has 11 heteroatoms. The molecule has 28 heavy (non-hydrogen) atoms. The Morgan fingerprint density at radius 2 is 1.71 bits per heavy atom. The van der Waals surface area contributed by atoms with Crippen molar-refractivity contribution in [2.45, 2.75) is 11.0 Å². The Labute approximate surface area is 170 Å². The average Bonchev–Trinajstić information content (AvgIpc) is 3.36. The zero-order chi connectivity index (χ0) is 19.5. The summed E-state index contributed by atoms with van der Waals surface area (Å²) in [5, 5.41) is 27.1. The number of hydrogen-bond donors (Lipinski definition) is 0. The molecule has 2 aromatic heterocycles. The smallest absolute Gasteiger partial charge is 0.277 e. The van der Waals surface area contributed by atoms with Crippen LogP contribution in [0.2, 0.25) is 0 Å². The minimum atomic E-state index is -0.466. The number of non-ortho nitro benzene ring substituents is 1.